The molecule has 0 aromatic heterocycles. The van der Waals surface area contributed by atoms with Crippen molar-refractivity contribution in [3.8, 4) is 11.5 Å². The first-order valence-corrected chi connectivity index (χ1v) is 4.10. The summed E-state index contributed by atoms with van der Waals surface area (Å²) in [4.78, 5) is 0. The van der Waals surface area contributed by atoms with Gasteiger partial charge in [-0.15, -0.1) is 0 Å². The molecule has 0 amide bonds. The Labute approximate surface area is 86.5 Å². The van der Waals surface area contributed by atoms with E-state index >= 15 is 0 Å². The minimum absolute atomic E-state index is 0.229. The molecule has 0 saturated heterocycles. The highest BCUT2D eigenvalue weighted by Gasteiger charge is 2.09. The Hall–Kier alpha value is -0.575. The molecule has 3 nitrogen and oxygen atoms in total. The zero-order chi connectivity index (χ0) is 9.84. The van der Waals surface area contributed by atoms with E-state index < -0.39 is 0 Å². The molecule has 1 radical (unpaired) electrons. The first-order valence-electron chi connectivity index (χ1n) is 3.34. The highest BCUT2D eigenvalue weighted by Crippen LogP contribution is 2.35. The maximum atomic E-state index is 8.41. The fourth-order valence-corrected chi connectivity index (χ4v) is 1.15. The lowest BCUT2D eigenvalue weighted by Gasteiger charge is -2.08. The number of benzene rings is 1. The fourth-order valence-electron chi connectivity index (χ4n) is 0.801. The van der Waals surface area contributed by atoms with Crippen LogP contribution < -0.4 is 9.39 Å². The minimum atomic E-state index is 0.229. The van der Waals surface area contributed by atoms with Crippen molar-refractivity contribution < 1.29 is 14.4 Å². The molecule has 0 spiro atoms. The normalized spacial score (nSPS) is 9.54. The van der Waals surface area contributed by atoms with E-state index in [1.807, 2.05) is 0 Å². The van der Waals surface area contributed by atoms with Gasteiger partial charge in [-0.3, -0.25) is 0 Å². The molecular weight excluding hydrogens is 214 g/mol. The van der Waals surface area contributed by atoms with Crippen LogP contribution in [0.1, 0.15) is 0 Å². The van der Waals surface area contributed by atoms with Gasteiger partial charge in [-0.25, -0.2) is 0 Å². The Morgan fingerprint density at radius 3 is 2.62 bits per heavy atom. The number of hydrogen-bond acceptors (Lipinski definition) is 3. The van der Waals surface area contributed by atoms with E-state index in [0.717, 1.165) is 0 Å². The Morgan fingerprint density at radius 1 is 1.38 bits per heavy atom. The van der Waals surface area contributed by atoms with Gasteiger partial charge < -0.3 is 14.4 Å². The molecule has 6 heteroatoms. The van der Waals surface area contributed by atoms with Crippen LogP contribution in [0.25, 0.3) is 0 Å². The standard InChI is InChI=1S/C7H6BCl2O3/c1-12-4-2-5(9)7(10)6(3-4)13-8-11/h2-3,11H,1H3. The Kier molecular flexibility index (Phi) is 3.72. The third kappa shape index (κ3) is 2.43. The van der Waals surface area contributed by atoms with E-state index in [9.17, 15) is 0 Å². The molecule has 0 aliphatic carbocycles. The second-order valence-electron chi connectivity index (χ2n) is 2.14. The summed E-state index contributed by atoms with van der Waals surface area (Å²) < 4.78 is 9.61. The SMILES string of the molecule is COc1cc(Cl)c(Cl)c(O[B]O)c1. The summed E-state index contributed by atoms with van der Waals surface area (Å²) in [5, 5.41) is 8.94. The second kappa shape index (κ2) is 4.60. The summed E-state index contributed by atoms with van der Waals surface area (Å²) in [6.07, 6.45) is 0. The van der Waals surface area contributed by atoms with E-state index in [1.165, 1.54) is 13.2 Å². The summed E-state index contributed by atoms with van der Waals surface area (Å²) in [5.74, 6) is 0.750. The molecule has 0 saturated carbocycles. The molecule has 0 heterocycles. The highest BCUT2D eigenvalue weighted by molar-refractivity contribution is 6.43. The van der Waals surface area contributed by atoms with Crippen molar-refractivity contribution in [2.24, 2.45) is 0 Å². The van der Waals surface area contributed by atoms with Crippen molar-refractivity contribution in [2.75, 3.05) is 7.11 Å². The Bertz CT molecular complexity index is 306. The number of methoxy groups -OCH3 is 1. The maximum absolute atomic E-state index is 8.41. The lowest BCUT2D eigenvalue weighted by Crippen LogP contribution is -2.00. The van der Waals surface area contributed by atoms with Gasteiger partial charge in [0.25, 0.3) is 0 Å². The van der Waals surface area contributed by atoms with Crippen LogP contribution in [0, 0.1) is 0 Å². The number of rotatable bonds is 3. The molecule has 0 fully saturated rings. The second-order valence-corrected chi connectivity index (χ2v) is 2.93. The molecule has 1 aromatic carbocycles. The molecule has 0 aliphatic heterocycles. The van der Waals surface area contributed by atoms with E-state index in [-0.39, 0.29) is 10.8 Å². The molecule has 0 bridgehead atoms. The van der Waals surface area contributed by atoms with Crippen LogP contribution in [0.4, 0.5) is 0 Å². The predicted octanol–water partition coefficient (Wildman–Crippen LogP) is 1.91. The van der Waals surface area contributed by atoms with Crippen LogP contribution in [0.15, 0.2) is 12.1 Å². The lowest BCUT2D eigenvalue weighted by atomic mass is 10.3. The summed E-state index contributed by atoms with van der Waals surface area (Å²) in [7, 11) is 2.02. The molecule has 0 unspecified atom stereocenters. The van der Waals surface area contributed by atoms with Gasteiger partial charge >= 0.3 is 7.69 Å². The quantitative estimate of drug-likeness (QED) is 0.790. The average molecular weight is 220 g/mol. The molecule has 0 aliphatic rings. The van der Waals surface area contributed by atoms with E-state index in [0.29, 0.717) is 18.5 Å². The summed E-state index contributed by atoms with van der Waals surface area (Å²) in [6.45, 7) is 0. The molecule has 13 heavy (non-hydrogen) atoms. The summed E-state index contributed by atoms with van der Waals surface area (Å²) in [5.41, 5.74) is 0. The van der Waals surface area contributed by atoms with Gasteiger partial charge in [0.05, 0.1) is 17.2 Å². The van der Waals surface area contributed by atoms with Crippen molar-refractivity contribution in [1.82, 2.24) is 0 Å². The largest absolute Gasteiger partial charge is 0.569 e. The van der Waals surface area contributed by atoms with Crippen LogP contribution >= 0.6 is 23.2 Å². The van der Waals surface area contributed by atoms with Crippen LogP contribution in [0.5, 0.6) is 11.5 Å². The van der Waals surface area contributed by atoms with Gasteiger partial charge in [0, 0.05) is 12.1 Å². The smallest absolute Gasteiger partial charge is 0.536 e. The first kappa shape index (κ1) is 10.5. The number of halogens is 2. The van der Waals surface area contributed by atoms with Gasteiger partial charge in [-0.2, -0.15) is 0 Å². The average Bonchev–Trinajstić information content (AvgIpc) is 2.13. The number of hydrogen-bond donors (Lipinski definition) is 1. The van der Waals surface area contributed by atoms with Gasteiger partial charge in [-0.1, -0.05) is 23.2 Å². The fraction of sp³-hybridized carbons (Fsp3) is 0.143. The monoisotopic (exact) mass is 219 g/mol. The predicted molar refractivity (Wildman–Crippen MR) is 51.6 cm³/mol. The topological polar surface area (TPSA) is 38.7 Å². The summed E-state index contributed by atoms with van der Waals surface area (Å²) in [6, 6.07) is 3.06. The van der Waals surface area contributed by atoms with Gasteiger partial charge in [0.1, 0.15) is 11.5 Å². The number of ether oxygens (including phenoxy) is 1. The third-order valence-electron chi connectivity index (χ3n) is 1.38. The first-order chi connectivity index (χ1) is 6.19. The maximum Gasteiger partial charge on any atom is 0.569 e. The highest BCUT2D eigenvalue weighted by atomic mass is 35.5. The van der Waals surface area contributed by atoms with E-state index in [2.05, 4.69) is 0 Å². The molecule has 0 atom stereocenters. The molecular formula is C7H6BCl2O3. The van der Waals surface area contributed by atoms with Crippen LogP contribution in [-0.2, 0) is 0 Å². The van der Waals surface area contributed by atoms with Crippen LogP contribution in [0.3, 0.4) is 0 Å². The molecule has 1 N–H and O–H groups in total. The summed E-state index contributed by atoms with van der Waals surface area (Å²) >= 11 is 11.5. The zero-order valence-electron chi connectivity index (χ0n) is 6.75. The van der Waals surface area contributed by atoms with Crippen molar-refractivity contribution in [1.29, 1.82) is 0 Å². The minimum Gasteiger partial charge on any atom is -0.536 e. The van der Waals surface area contributed by atoms with Gasteiger partial charge in [-0.05, 0) is 0 Å². The third-order valence-corrected chi connectivity index (χ3v) is 2.17. The Balaban J connectivity index is 3.09. The van der Waals surface area contributed by atoms with Crippen molar-refractivity contribution in [2.45, 2.75) is 0 Å². The van der Waals surface area contributed by atoms with Crippen molar-refractivity contribution in [3.63, 3.8) is 0 Å². The Morgan fingerprint density at radius 2 is 2.08 bits per heavy atom. The van der Waals surface area contributed by atoms with Crippen molar-refractivity contribution >= 4 is 30.9 Å². The van der Waals surface area contributed by atoms with Crippen LogP contribution in [0.2, 0.25) is 10.0 Å². The van der Waals surface area contributed by atoms with E-state index in [4.69, 9.17) is 37.6 Å². The van der Waals surface area contributed by atoms with Crippen molar-refractivity contribution in [3.05, 3.63) is 22.2 Å². The van der Waals surface area contributed by atoms with Crippen LogP contribution in [-0.4, -0.2) is 19.8 Å². The lowest BCUT2D eigenvalue weighted by molar-refractivity contribution is 0.409. The molecule has 1 aromatic rings. The zero-order valence-corrected chi connectivity index (χ0v) is 8.26. The van der Waals surface area contributed by atoms with Gasteiger partial charge in [0.2, 0.25) is 0 Å². The van der Waals surface area contributed by atoms with Gasteiger partial charge in [0.15, 0.2) is 0 Å². The van der Waals surface area contributed by atoms with E-state index in [1.54, 1.807) is 6.07 Å². The molecule has 1 rings (SSSR count). The molecule has 69 valence electrons.